The van der Waals surface area contributed by atoms with Gasteiger partial charge in [-0.2, -0.15) is 0 Å². The molecule has 0 aliphatic heterocycles. The molecule has 0 rings (SSSR count). The number of nitrogens with one attached hydrogen (secondary N) is 1. The maximum atomic E-state index is 5.74. The molecule has 0 amide bonds. The van der Waals surface area contributed by atoms with Gasteiger partial charge in [0.15, 0.2) is 0 Å². The number of allylic oxidation sites excluding steroid dienone is 1. The average Bonchev–Trinajstić information content (AvgIpc) is 2.37. The van der Waals surface area contributed by atoms with E-state index < -0.39 is 0 Å². The lowest BCUT2D eigenvalue weighted by molar-refractivity contribution is 0.719. The Morgan fingerprint density at radius 3 is 1.94 bits per heavy atom. The van der Waals surface area contributed by atoms with E-state index in [4.69, 9.17) is 5.73 Å². The summed E-state index contributed by atoms with van der Waals surface area (Å²) in [5.74, 6) is 0. The molecule has 0 aromatic rings. The van der Waals surface area contributed by atoms with Crippen molar-refractivity contribution in [3.8, 4) is 0 Å². The molecule has 0 aromatic heterocycles. The summed E-state index contributed by atoms with van der Waals surface area (Å²) < 4.78 is 0. The molecule has 0 atom stereocenters. The molecule has 2 heteroatoms. The van der Waals surface area contributed by atoms with E-state index in [1.807, 2.05) is 33.9 Å². The zero-order valence-electron chi connectivity index (χ0n) is 12.4. The molecule has 0 unspecified atom stereocenters. The van der Waals surface area contributed by atoms with Crippen LogP contribution in [0.2, 0.25) is 0 Å². The summed E-state index contributed by atoms with van der Waals surface area (Å²) in [6, 6.07) is 0. The Morgan fingerprint density at radius 2 is 1.50 bits per heavy atom. The van der Waals surface area contributed by atoms with E-state index in [0.717, 1.165) is 18.7 Å². The minimum Gasteiger partial charge on any atom is -0.401 e. The minimum atomic E-state index is 0.980. The van der Waals surface area contributed by atoms with Crippen LogP contribution in [0.3, 0.4) is 0 Å². The van der Waals surface area contributed by atoms with Gasteiger partial charge >= 0.3 is 0 Å². The lowest BCUT2D eigenvalue weighted by Gasteiger charge is -2.02. The van der Waals surface area contributed by atoms with E-state index >= 15 is 0 Å². The number of unbranched alkanes of at least 4 members (excludes halogenated alkanes) is 2. The SMILES string of the molecule is CC.CC.CCCCN/C=C(\N)CCCC. The van der Waals surface area contributed by atoms with Crippen LogP contribution in [0.15, 0.2) is 11.9 Å². The monoisotopic (exact) mass is 230 g/mol. The highest BCUT2D eigenvalue weighted by molar-refractivity contribution is 4.94. The summed E-state index contributed by atoms with van der Waals surface area (Å²) in [4.78, 5) is 0. The van der Waals surface area contributed by atoms with E-state index in [2.05, 4.69) is 19.2 Å². The van der Waals surface area contributed by atoms with Crippen molar-refractivity contribution < 1.29 is 0 Å². The van der Waals surface area contributed by atoms with Crippen molar-refractivity contribution >= 4 is 0 Å². The van der Waals surface area contributed by atoms with Gasteiger partial charge in [-0.15, -0.1) is 0 Å². The Balaban J connectivity index is -0.000000376. The topological polar surface area (TPSA) is 38.0 Å². The third-order valence-electron chi connectivity index (χ3n) is 1.78. The Labute approximate surface area is 104 Å². The molecule has 0 heterocycles. The zero-order chi connectivity index (χ0) is 13.2. The second-order valence-electron chi connectivity index (χ2n) is 3.13. The van der Waals surface area contributed by atoms with Crippen LogP contribution in [0, 0.1) is 0 Å². The smallest absolute Gasteiger partial charge is 0.0240 e. The van der Waals surface area contributed by atoms with Crippen molar-refractivity contribution in [2.75, 3.05) is 6.54 Å². The highest BCUT2D eigenvalue weighted by Gasteiger charge is 1.88. The molecule has 3 N–H and O–H groups in total. The maximum absolute atomic E-state index is 5.74. The Kier molecular flexibility index (Phi) is 30.9. The lowest BCUT2D eigenvalue weighted by Crippen LogP contribution is -2.10. The van der Waals surface area contributed by atoms with Gasteiger partial charge in [0.1, 0.15) is 0 Å². The van der Waals surface area contributed by atoms with Gasteiger partial charge in [-0.1, -0.05) is 54.4 Å². The molecule has 2 nitrogen and oxygen atoms in total. The summed E-state index contributed by atoms with van der Waals surface area (Å²) in [6.07, 6.45) is 7.83. The van der Waals surface area contributed by atoms with Crippen LogP contribution >= 0.6 is 0 Å². The first-order valence-electron chi connectivity index (χ1n) is 6.99. The molecule has 0 fully saturated rings. The lowest BCUT2D eigenvalue weighted by atomic mass is 10.2. The molecule has 0 aliphatic rings. The number of rotatable bonds is 7. The largest absolute Gasteiger partial charge is 0.401 e. The molecular formula is C14H34N2. The van der Waals surface area contributed by atoms with Crippen molar-refractivity contribution in [3.63, 3.8) is 0 Å². The Hall–Kier alpha value is -0.660. The summed E-state index contributed by atoms with van der Waals surface area (Å²) in [7, 11) is 0. The quantitative estimate of drug-likeness (QED) is 0.635. The molecule has 100 valence electrons. The van der Waals surface area contributed by atoms with E-state index in [1.165, 1.54) is 25.7 Å². The van der Waals surface area contributed by atoms with Crippen LogP contribution in [0.5, 0.6) is 0 Å². The first-order chi connectivity index (χ1) is 7.81. The fourth-order valence-electron chi connectivity index (χ4n) is 0.935. The van der Waals surface area contributed by atoms with Crippen molar-refractivity contribution in [2.45, 2.75) is 73.6 Å². The third-order valence-corrected chi connectivity index (χ3v) is 1.78. The molecule has 0 aromatic carbocycles. The molecule has 0 aliphatic carbocycles. The Morgan fingerprint density at radius 1 is 1.00 bits per heavy atom. The highest BCUT2D eigenvalue weighted by atomic mass is 14.8. The zero-order valence-corrected chi connectivity index (χ0v) is 12.4. The van der Waals surface area contributed by atoms with Crippen molar-refractivity contribution in [3.05, 3.63) is 11.9 Å². The van der Waals surface area contributed by atoms with Crippen molar-refractivity contribution in [1.29, 1.82) is 0 Å². The Bertz CT molecular complexity index is 120. The van der Waals surface area contributed by atoms with E-state index in [1.54, 1.807) is 0 Å². The number of hydrogen-bond donors (Lipinski definition) is 2. The standard InChI is InChI=1S/C10H22N2.2C2H6/c1-3-5-7-10(11)9-12-8-6-4-2;2*1-2/h9,12H,3-8,11H2,1-2H3;2*1-2H3/b10-9-;;. The van der Waals surface area contributed by atoms with Gasteiger partial charge in [-0.3, -0.25) is 0 Å². The maximum Gasteiger partial charge on any atom is 0.0240 e. The van der Waals surface area contributed by atoms with Crippen LogP contribution < -0.4 is 11.1 Å². The van der Waals surface area contributed by atoms with Crippen LogP contribution in [-0.2, 0) is 0 Å². The average molecular weight is 230 g/mol. The van der Waals surface area contributed by atoms with Crippen LogP contribution in [0.1, 0.15) is 73.6 Å². The molecule has 0 saturated carbocycles. The van der Waals surface area contributed by atoms with Crippen molar-refractivity contribution in [2.24, 2.45) is 5.73 Å². The molecule has 0 bridgehead atoms. The molecular weight excluding hydrogens is 196 g/mol. The minimum absolute atomic E-state index is 0.980. The van der Waals surface area contributed by atoms with Gasteiger partial charge in [0, 0.05) is 18.4 Å². The van der Waals surface area contributed by atoms with Gasteiger partial charge in [-0.05, 0) is 19.3 Å². The first kappa shape index (κ1) is 20.7. The van der Waals surface area contributed by atoms with Crippen LogP contribution in [-0.4, -0.2) is 6.54 Å². The first-order valence-corrected chi connectivity index (χ1v) is 6.99. The van der Waals surface area contributed by atoms with Crippen LogP contribution in [0.25, 0.3) is 0 Å². The van der Waals surface area contributed by atoms with Gasteiger partial charge in [0.2, 0.25) is 0 Å². The number of hydrogen-bond acceptors (Lipinski definition) is 2. The molecule has 0 saturated heterocycles. The molecule has 0 radical (unpaired) electrons. The van der Waals surface area contributed by atoms with E-state index in [0.29, 0.717) is 0 Å². The molecule has 0 spiro atoms. The summed E-state index contributed by atoms with van der Waals surface area (Å²) in [6.45, 7) is 13.4. The normalized spacial score (nSPS) is 9.50. The predicted octanol–water partition coefficient (Wildman–Crippen LogP) is 4.42. The number of nitrogens with two attached hydrogens (primary N) is 1. The molecule has 16 heavy (non-hydrogen) atoms. The van der Waals surface area contributed by atoms with Gasteiger partial charge in [-0.25, -0.2) is 0 Å². The van der Waals surface area contributed by atoms with E-state index in [9.17, 15) is 0 Å². The van der Waals surface area contributed by atoms with Gasteiger partial charge in [0.05, 0.1) is 0 Å². The summed E-state index contributed by atoms with van der Waals surface area (Å²) in [5.41, 5.74) is 6.72. The second-order valence-corrected chi connectivity index (χ2v) is 3.13. The second kappa shape index (κ2) is 23.9. The highest BCUT2D eigenvalue weighted by Crippen LogP contribution is 1.99. The van der Waals surface area contributed by atoms with E-state index in [-0.39, 0.29) is 0 Å². The van der Waals surface area contributed by atoms with Crippen molar-refractivity contribution in [1.82, 2.24) is 5.32 Å². The van der Waals surface area contributed by atoms with Gasteiger partial charge < -0.3 is 11.1 Å². The fraction of sp³-hybridized carbons (Fsp3) is 0.857. The predicted molar refractivity (Wildman–Crippen MR) is 77.4 cm³/mol. The van der Waals surface area contributed by atoms with Crippen LogP contribution in [0.4, 0.5) is 0 Å². The third kappa shape index (κ3) is 23.3. The summed E-state index contributed by atoms with van der Waals surface area (Å²) in [5, 5.41) is 3.21. The summed E-state index contributed by atoms with van der Waals surface area (Å²) >= 11 is 0. The van der Waals surface area contributed by atoms with Gasteiger partial charge in [0.25, 0.3) is 0 Å². The fourth-order valence-corrected chi connectivity index (χ4v) is 0.935.